The average molecular weight is 648 g/mol. The smallest absolute Gasteiger partial charge is 0.319 e. The summed E-state index contributed by atoms with van der Waals surface area (Å²) in [6.45, 7) is 6.33. The van der Waals surface area contributed by atoms with Crippen molar-refractivity contribution in [3.05, 3.63) is 53.8 Å². The normalized spacial score (nSPS) is 24.6. The Morgan fingerprint density at radius 2 is 1.79 bits per heavy atom. The highest BCUT2D eigenvalue weighted by Gasteiger charge is 2.49. The van der Waals surface area contributed by atoms with Crippen molar-refractivity contribution in [2.75, 3.05) is 64.1 Å². The van der Waals surface area contributed by atoms with Gasteiger partial charge in [-0.2, -0.15) is 9.97 Å². The van der Waals surface area contributed by atoms with Gasteiger partial charge in [0.25, 0.3) is 0 Å². The molecule has 9 rings (SSSR count). The molecule has 4 aliphatic heterocycles. The lowest BCUT2D eigenvalue weighted by Gasteiger charge is -2.48. The fourth-order valence-corrected chi connectivity index (χ4v) is 7.98. The van der Waals surface area contributed by atoms with Crippen LogP contribution >= 0.6 is 0 Å². The molecule has 246 valence electrons. The minimum atomic E-state index is -1.11. The summed E-state index contributed by atoms with van der Waals surface area (Å²) in [5.41, 5.74) is -0.168. The Morgan fingerprint density at radius 1 is 0.979 bits per heavy atom. The van der Waals surface area contributed by atoms with Gasteiger partial charge in [0.05, 0.1) is 26.4 Å². The Balaban J connectivity index is 1.09. The van der Waals surface area contributed by atoms with Gasteiger partial charge in [-0.1, -0.05) is 12.1 Å². The third-order valence-corrected chi connectivity index (χ3v) is 10.6. The van der Waals surface area contributed by atoms with Crippen LogP contribution < -0.4 is 15.0 Å². The Morgan fingerprint density at radius 3 is 2.53 bits per heavy atom. The van der Waals surface area contributed by atoms with E-state index in [9.17, 15) is 9.50 Å². The third-order valence-electron chi connectivity index (χ3n) is 10.6. The van der Waals surface area contributed by atoms with Gasteiger partial charge in [0, 0.05) is 66.6 Å². The van der Waals surface area contributed by atoms with E-state index in [4.69, 9.17) is 19.2 Å². The maximum Gasteiger partial charge on any atom is 0.319 e. The molecule has 3 aromatic carbocycles. The molecule has 4 saturated heterocycles. The topological polar surface area (TPSA) is 92.2 Å². The van der Waals surface area contributed by atoms with Gasteiger partial charge in [-0.15, -0.1) is 0 Å². The highest BCUT2D eigenvalue weighted by Crippen LogP contribution is 2.47. The molecule has 5 aliphatic rings. The number of fused-ring (bicyclic) bond motifs is 4. The van der Waals surface area contributed by atoms with Crippen molar-refractivity contribution in [3.63, 3.8) is 0 Å². The van der Waals surface area contributed by atoms with E-state index in [1.807, 2.05) is 0 Å². The summed E-state index contributed by atoms with van der Waals surface area (Å²) in [6, 6.07) is 8.92. The summed E-state index contributed by atoms with van der Waals surface area (Å²) in [5, 5.41) is 14.7. The van der Waals surface area contributed by atoms with Gasteiger partial charge in [-0.3, -0.25) is 4.90 Å². The average Bonchev–Trinajstić information content (AvgIpc) is 3.74. The predicted molar refractivity (Wildman–Crippen MR) is 169 cm³/mol. The number of phenols is 1. The molecule has 2 unspecified atom stereocenters. The number of hydrogen-bond acceptors (Lipinski definition) is 9. The standard InChI is InChI=1S/C35H36F3N5O4/c36-27-6-1-20-11-23(44)12-26(28(20)30(27)38)24-4-5-25-31(29(24)37)40-33(41-32(25)43-13-21-2-3-22(14-43)39-21)46-17-34(7-8-34)15-42-9-10-47-35(16-42)18-45-19-35/h1,4-6,11-12,21-22,39,44H,2-3,7-10,13-19H2. The predicted octanol–water partition coefficient (Wildman–Crippen LogP) is 4.77. The highest BCUT2D eigenvalue weighted by molar-refractivity contribution is 6.01. The van der Waals surface area contributed by atoms with E-state index in [0.29, 0.717) is 49.7 Å². The van der Waals surface area contributed by atoms with Crippen LogP contribution in [-0.2, 0) is 9.47 Å². The number of phenolic OH excluding ortho intramolecular Hbond substituents is 1. The number of nitrogens with zero attached hydrogens (tertiary/aromatic N) is 4. The van der Waals surface area contributed by atoms with Crippen LogP contribution in [0.5, 0.6) is 11.8 Å². The van der Waals surface area contributed by atoms with Crippen molar-refractivity contribution < 1.29 is 32.5 Å². The van der Waals surface area contributed by atoms with E-state index in [0.717, 1.165) is 64.5 Å². The SMILES string of the molecule is Oc1cc(-c2ccc3c(N4CC5CCC(C4)N5)nc(OCC4(CN5CCOC6(COC6)C5)CC4)nc3c2F)c2c(F)c(F)ccc2c1. The molecule has 1 aliphatic carbocycles. The fraction of sp³-hybridized carbons (Fsp3) is 0.486. The minimum Gasteiger partial charge on any atom is -0.508 e. The Kier molecular flexibility index (Phi) is 6.83. The third kappa shape index (κ3) is 5.16. The maximum atomic E-state index is 16.7. The summed E-state index contributed by atoms with van der Waals surface area (Å²) < 4.78 is 64.1. The molecule has 47 heavy (non-hydrogen) atoms. The molecule has 0 amide bonds. The van der Waals surface area contributed by atoms with Crippen molar-refractivity contribution in [2.45, 2.75) is 43.4 Å². The lowest BCUT2D eigenvalue weighted by Crippen LogP contribution is -2.63. The molecule has 9 nitrogen and oxygen atoms in total. The molecular weight excluding hydrogens is 611 g/mol. The van der Waals surface area contributed by atoms with Crippen LogP contribution in [0.3, 0.4) is 0 Å². The van der Waals surface area contributed by atoms with Crippen molar-refractivity contribution in [1.82, 2.24) is 20.2 Å². The molecule has 1 saturated carbocycles. The van der Waals surface area contributed by atoms with Gasteiger partial charge in [0.2, 0.25) is 0 Å². The quantitative estimate of drug-likeness (QED) is 0.294. The van der Waals surface area contributed by atoms with Crippen LogP contribution in [0.25, 0.3) is 32.8 Å². The number of hydrogen-bond donors (Lipinski definition) is 2. The van der Waals surface area contributed by atoms with Crippen molar-refractivity contribution in [3.8, 4) is 22.9 Å². The van der Waals surface area contributed by atoms with Gasteiger partial charge < -0.3 is 29.5 Å². The number of rotatable bonds is 7. The second kappa shape index (κ2) is 10.9. The monoisotopic (exact) mass is 647 g/mol. The number of ether oxygens (including phenoxy) is 3. The summed E-state index contributed by atoms with van der Waals surface area (Å²) >= 11 is 0. The van der Waals surface area contributed by atoms with Crippen LogP contribution in [0.2, 0.25) is 0 Å². The number of piperazine rings is 1. The zero-order chi connectivity index (χ0) is 31.9. The maximum absolute atomic E-state index is 16.7. The summed E-state index contributed by atoms with van der Waals surface area (Å²) in [5.74, 6) is -2.47. The Hall–Kier alpha value is -3.71. The summed E-state index contributed by atoms with van der Waals surface area (Å²) in [7, 11) is 0. The van der Waals surface area contributed by atoms with E-state index in [1.165, 1.54) is 24.3 Å². The first kappa shape index (κ1) is 29.4. The number of morpholine rings is 1. The molecule has 2 bridgehead atoms. The van der Waals surface area contributed by atoms with Crippen LogP contribution in [0.4, 0.5) is 19.0 Å². The first-order chi connectivity index (χ1) is 22.8. The molecule has 12 heteroatoms. The highest BCUT2D eigenvalue weighted by atomic mass is 19.2. The number of halogens is 3. The van der Waals surface area contributed by atoms with Crippen LogP contribution in [0.1, 0.15) is 25.7 Å². The van der Waals surface area contributed by atoms with Crippen molar-refractivity contribution in [1.29, 1.82) is 0 Å². The van der Waals surface area contributed by atoms with E-state index in [-0.39, 0.29) is 50.2 Å². The largest absolute Gasteiger partial charge is 0.508 e. The van der Waals surface area contributed by atoms with Gasteiger partial charge in [-0.25, -0.2) is 13.2 Å². The van der Waals surface area contributed by atoms with E-state index < -0.39 is 17.5 Å². The van der Waals surface area contributed by atoms with Gasteiger partial charge in [-0.05, 0) is 60.9 Å². The van der Waals surface area contributed by atoms with Crippen LogP contribution in [0, 0.1) is 22.9 Å². The first-order valence-corrected chi connectivity index (χ1v) is 16.5. The molecule has 1 aromatic heterocycles. The van der Waals surface area contributed by atoms with Gasteiger partial charge >= 0.3 is 6.01 Å². The lowest BCUT2D eigenvalue weighted by atomic mass is 9.95. The van der Waals surface area contributed by atoms with Gasteiger partial charge in [0.1, 0.15) is 22.7 Å². The number of benzene rings is 3. The molecule has 2 atom stereocenters. The second-order valence-electron chi connectivity index (χ2n) is 14.2. The van der Waals surface area contributed by atoms with Crippen LogP contribution in [-0.4, -0.2) is 96.8 Å². The van der Waals surface area contributed by atoms with Crippen LogP contribution in [0.15, 0.2) is 36.4 Å². The molecule has 5 heterocycles. The molecule has 4 aromatic rings. The number of anilines is 1. The lowest BCUT2D eigenvalue weighted by molar-refractivity contribution is -0.238. The molecule has 1 spiro atoms. The fourth-order valence-electron chi connectivity index (χ4n) is 7.98. The zero-order valence-corrected chi connectivity index (χ0v) is 25.9. The summed E-state index contributed by atoms with van der Waals surface area (Å²) in [6.07, 6.45) is 4.16. The van der Waals surface area contributed by atoms with E-state index in [2.05, 4.69) is 20.1 Å². The van der Waals surface area contributed by atoms with Gasteiger partial charge in [0.15, 0.2) is 17.5 Å². The van der Waals surface area contributed by atoms with E-state index >= 15 is 8.78 Å². The molecule has 5 fully saturated rings. The first-order valence-electron chi connectivity index (χ1n) is 16.5. The Bertz CT molecular complexity index is 1890. The summed E-state index contributed by atoms with van der Waals surface area (Å²) in [4.78, 5) is 14.1. The molecule has 0 radical (unpaired) electrons. The Labute approximate surface area is 269 Å². The van der Waals surface area contributed by atoms with Crippen molar-refractivity contribution >= 4 is 27.5 Å². The number of aromatic hydroxyl groups is 1. The van der Waals surface area contributed by atoms with E-state index in [1.54, 1.807) is 6.07 Å². The number of aromatic nitrogens is 2. The molecule has 2 N–H and O–H groups in total. The second-order valence-corrected chi connectivity index (χ2v) is 14.2. The molecular formula is C35H36F3N5O4. The number of nitrogens with one attached hydrogen (secondary N) is 1. The minimum absolute atomic E-state index is 0.00114. The van der Waals surface area contributed by atoms with Crippen molar-refractivity contribution in [2.24, 2.45) is 5.41 Å². The zero-order valence-electron chi connectivity index (χ0n) is 25.9.